The Morgan fingerprint density at radius 1 is 1.03 bits per heavy atom. The molecule has 2 aromatic rings. The Morgan fingerprint density at radius 2 is 1.69 bits per heavy atom. The molecule has 12 nitrogen and oxygen atoms in total. The van der Waals surface area contributed by atoms with Crippen LogP contribution >= 0.6 is 0 Å². The average molecular weight is 808 g/mol. The first kappa shape index (κ1) is 47.7. The fraction of sp³-hybridized carbons (Fsp3) is 0.413. The number of amides is 1. The van der Waals surface area contributed by atoms with E-state index in [1.807, 2.05) is 56.3 Å². The van der Waals surface area contributed by atoms with E-state index in [2.05, 4.69) is 69.6 Å². The molecule has 0 atom stereocenters. The van der Waals surface area contributed by atoms with Gasteiger partial charge in [0.2, 0.25) is 5.91 Å². The van der Waals surface area contributed by atoms with Gasteiger partial charge in [-0.25, -0.2) is 28.7 Å². The number of likely N-dealkylation sites (N-methyl/N-ethyl adjacent to an activating group) is 2. The van der Waals surface area contributed by atoms with Crippen LogP contribution in [0.25, 0.3) is 11.8 Å². The number of benzene rings is 1. The largest absolute Gasteiger partial charge is 0.350 e. The molecule has 1 N–H and O–H groups in total. The smallest absolute Gasteiger partial charge is 0.337 e. The highest BCUT2D eigenvalue weighted by Gasteiger charge is 2.27. The summed E-state index contributed by atoms with van der Waals surface area (Å²) in [4.78, 5) is 61.6. The lowest BCUT2D eigenvalue weighted by Gasteiger charge is -2.30. The first-order valence-corrected chi connectivity index (χ1v) is 20.4. The molecule has 0 radical (unpaired) electrons. The summed E-state index contributed by atoms with van der Waals surface area (Å²) < 4.78 is 16.9. The average Bonchev–Trinajstić information content (AvgIpc) is 3.44. The van der Waals surface area contributed by atoms with Crippen LogP contribution in [0.15, 0.2) is 133 Å². The summed E-state index contributed by atoms with van der Waals surface area (Å²) in [6.07, 6.45) is 18.3. The van der Waals surface area contributed by atoms with Crippen molar-refractivity contribution in [2.24, 2.45) is 20.0 Å². The summed E-state index contributed by atoms with van der Waals surface area (Å²) in [5, 5.41) is 3.15. The van der Waals surface area contributed by atoms with Crippen molar-refractivity contribution in [2.75, 3.05) is 47.3 Å². The Balaban J connectivity index is 0.000000484. The number of aliphatic imine (C=N–C) groups is 3. The second kappa shape index (κ2) is 25.6. The highest BCUT2D eigenvalue weighted by Crippen LogP contribution is 2.26. The van der Waals surface area contributed by atoms with Crippen LogP contribution in [0.1, 0.15) is 72.3 Å². The number of amidine groups is 1. The zero-order chi connectivity index (χ0) is 43.2. The molecular weight excluding hydrogens is 746 g/mol. The number of carbonyl (C=O) groups excluding carboxylic acids is 1. The Bertz CT molecular complexity index is 2170. The second-order valence-electron chi connectivity index (χ2n) is 14.3. The molecule has 1 amide bonds. The number of hydrogen-bond acceptors (Lipinski definition) is 8. The van der Waals surface area contributed by atoms with Gasteiger partial charge in [0, 0.05) is 57.1 Å². The maximum absolute atomic E-state index is 14.2. The van der Waals surface area contributed by atoms with E-state index in [9.17, 15) is 18.8 Å². The van der Waals surface area contributed by atoms with Crippen LogP contribution in [-0.2, 0) is 4.79 Å². The monoisotopic (exact) mass is 807 g/mol. The van der Waals surface area contributed by atoms with Crippen molar-refractivity contribution < 1.29 is 9.18 Å². The van der Waals surface area contributed by atoms with Gasteiger partial charge in [0.1, 0.15) is 11.5 Å². The number of hydrogen-bond donors (Lipinski definition) is 1. The molecular formula is C46H62FN9O3. The number of nitrogens with one attached hydrogen (secondary N) is 1. The summed E-state index contributed by atoms with van der Waals surface area (Å²) >= 11 is 0. The molecule has 0 spiro atoms. The number of nitrogens with zero attached hydrogens (tertiary/aromatic N) is 8. The van der Waals surface area contributed by atoms with E-state index >= 15 is 0 Å². The van der Waals surface area contributed by atoms with Gasteiger partial charge < -0.3 is 15.1 Å². The molecule has 0 saturated heterocycles. The van der Waals surface area contributed by atoms with Crippen LogP contribution in [0.2, 0.25) is 0 Å². The zero-order valence-electron chi connectivity index (χ0n) is 35.9. The fourth-order valence-corrected chi connectivity index (χ4v) is 6.37. The number of carbonyl (C=O) groups is 1. The first-order chi connectivity index (χ1) is 28.5. The fourth-order valence-electron chi connectivity index (χ4n) is 6.37. The number of rotatable bonds is 13. The molecule has 1 fully saturated rings. The Labute approximate surface area is 348 Å². The lowest BCUT2D eigenvalue weighted by Crippen LogP contribution is -2.59. The standard InChI is InChI=1S/C32H36FN7O3.C8H20N2.C6H6/c1-5-8-25(19-21(3)6-2)39-30-26(15-10-22(33)20-37-30)31(42)40(32(39)43)24-13-11-23(12-14-24)38-28(41)16-18-36-29-27(34-4)9-7-17-35-29;1-5-10(6-2)8-7-9(3)4;1-2-4-6-5-3-1/h5,7-9,15-20,23-24H,1,6,10-14H2,2-4H3,(H,38,41);5-8H2,1-4H3;1-6H/b18-16+,21-19-,25-8+,34-27?,36-29?;;. The van der Waals surface area contributed by atoms with Gasteiger partial charge >= 0.3 is 5.69 Å². The van der Waals surface area contributed by atoms with E-state index in [0.29, 0.717) is 42.9 Å². The topological polar surface area (TPSA) is 129 Å². The lowest BCUT2D eigenvalue weighted by atomic mass is 9.91. The Morgan fingerprint density at radius 3 is 2.27 bits per heavy atom. The van der Waals surface area contributed by atoms with E-state index in [1.54, 1.807) is 37.6 Å². The SMILES string of the molecule is C=C/C=C(\C=C(\C)CC)n1c2c(c(=O)n(C3CCC(NC(=O)/C=C/N=C4N=CC=CC4=NC)CC3)c1=O)=CCC(F)=CN=2.CCN(CC)CCN(C)C.c1ccccc1. The molecule has 59 heavy (non-hydrogen) atoms. The minimum Gasteiger partial charge on any atom is -0.350 e. The van der Waals surface area contributed by atoms with Gasteiger partial charge in [-0.05, 0) is 90.5 Å². The van der Waals surface area contributed by atoms with Gasteiger partial charge in [-0.2, -0.15) is 0 Å². The van der Waals surface area contributed by atoms with Crippen molar-refractivity contribution in [1.82, 2.24) is 24.3 Å². The van der Waals surface area contributed by atoms with E-state index in [-0.39, 0.29) is 29.1 Å². The van der Waals surface area contributed by atoms with Crippen molar-refractivity contribution in [3.63, 3.8) is 0 Å². The lowest BCUT2D eigenvalue weighted by molar-refractivity contribution is -0.117. The first-order valence-electron chi connectivity index (χ1n) is 20.4. The van der Waals surface area contributed by atoms with Crippen molar-refractivity contribution >= 4 is 35.4 Å². The zero-order valence-corrected chi connectivity index (χ0v) is 35.9. The number of fused-ring (bicyclic) bond motifs is 1. The van der Waals surface area contributed by atoms with Crippen molar-refractivity contribution in [2.45, 2.75) is 78.3 Å². The Kier molecular flexibility index (Phi) is 20.7. The minimum atomic E-state index is -0.547. The van der Waals surface area contributed by atoms with E-state index in [1.165, 1.54) is 53.7 Å². The summed E-state index contributed by atoms with van der Waals surface area (Å²) in [5.74, 6) is -0.387. The normalized spacial score (nSPS) is 19.2. The summed E-state index contributed by atoms with van der Waals surface area (Å²) in [6, 6.07) is 11.5. The van der Waals surface area contributed by atoms with Gasteiger partial charge in [0.15, 0.2) is 11.3 Å². The van der Waals surface area contributed by atoms with Gasteiger partial charge in [-0.15, -0.1) is 0 Å². The molecule has 1 aromatic carbocycles. The molecule has 3 heterocycles. The third kappa shape index (κ3) is 15.2. The van der Waals surface area contributed by atoms with E-state index in [4.69, 9.17) is 0 Å². The predicted molar refractivity (Wildman–Crippen MR) is 242 cm³/mol. The third-order valence-electron chi connectivity index (χ3n) is 9.89. The quantitative estimate of drug-likeness (QED) is 0.202. The van der Waals surface area contributed by atoms with Crippen LogP contribution in [0, 0.1) is 0 Å². The predicted octanol–water partition coefficient (Wildman–Crippen LogP) is 5.81. The molecule has 1 aliphatic carbocycles. The molecule has 1 aromatic heterocycles. The molecule has 5 rings (SSSR count). The van der Waals surface area contributed by atoms with E-state index in [0.717, 1.165) is 18.2 Å². The van der Waals surface area contributed by atoms with Gasteiger partial charge in [-0.1, -0.05) is 81.5 Å². The van der Waals surface area contributed by atoms with E-state index < -0.39 is 23.1 Å². The summed E-state index contributed by atoms with van der Waals surface area (Å²) in [5.41, 5.74) is 1.16. The van der Waals surface area contributed by atoms with Gasteiger partial charge in [0.25, 0.3) is 5.56 Å². The Hall–Kier alpha value is -5.66. The molecule has 316 valence electrons. The van der Waals surface area contributed by atoms with Crippen LogP contribution < -0.4 is 27.3 Å². The third-order valence-corrected chi connectivity index (χ3v) is 9.89. The summed E-state index contributed by atoms with van der Waals surface area (Å²) in [7, 11) is 5.87. The number of aromatic nitrogens is 2. The molecule has 0 bridgehead atoms. The number of halogens is 1. The van der Waals surface area contributed by atoms with Crippen molar-refractivity contribution in [1.29, 1.82) is 0 Å². The molecule has 3 aliphatic rings. The van der Waals surface area contributed by atoms with Crippen molar-refractivity contribution in [3.8, 4) is 0 Å². The molecule has 2 aliphatic heterocycles. The maximum atomic E-state index is 14.2. The van der Waals surface area contributed by atoms with Gasteiger partial charge in [0.05, 0.1) is 17.1 Å². The van der Waals surface area contributed by atoms with Crippen LogP contribution in [-0.4, -0.2) is 96.0 Å². The van der Waals surface area contributed by atoms with Crippen molar-refractivity contribution in [3.05, 3.63) is 135 Å². The molecule has 0 unspecified atom stereocenters. The van der Waals surface area contributed by atoms with Crippen LogP contribution in [0.4, 0.5) is 4.39 Å². The molecule has 1 saturated carbocycles. The van der Waals surface area contributed by atoms with Gasteiger partial charge in [-0.3, -0.25) is 19.1 Å². The number of allylic oxidation sites excluding steroid dienone is 7. The highest BCUT2D eigenvalue weighted by atomic mass is 19.1. The number of dihydropyridines is 1. The highest BCUT2D eigenvalue weighted by molar-refractivity contribution is 6.48. The molecule has 13 heteroatoms. The summed E-state index contributed by atoms with van der Waals surface area (Å²) in [6.45, 7) is 16.8. The minimum absolute atomic E-state index is 0.0933. The van der Waals surface area contributed by atoms with Crippen LogP contribution in [0.5, 0.6) is 0 Å². The maximum Gasteiger partial charge on any atom is 0.337 e. The van der Waals surface area contributed by atoms with Crippen LogP contribution in [0.3, 0.4) is 0 Å². The second-order valence-corrected chi connectivity index (χ2v) is 14.3.